The van der Waals surface area contributed by atoms with E-state index < -0.39 is 0 Å². The molecule has 2 rings (SSSR count). The fourth-order valence-corrected chi connectivity index (χ4v) is 2.02. The van der Waals surface area contributed by atoms with E-state index in [2.05, 4.69) is 10.3 Å². The zero-order chi connectivity index (χ0) is 13.5. The number of halogens is 1. The van der Waals surface area contributed by atoms with Crippen molar-refractivity contribution >= 4 is 11.6 Å². The maximum Gasteiger partial charge on any atom is 0.124 e. The zero-order valence-electron chi connectivity index (χ0n) is 11.1. The van der Waals surface area contributed by atoms with E-state index in [1.54, 1.807) is 0 Å². The van der Waals surface area contributed by atoms with Crippen LogP contribution in [0.15, 0.2) is 30.5 Å². The highest BCUT2D eigenvalue weighted by Gasteiger charge is 2.05. The van der Waals surface area contributed by atoms with Gasteiger partial charge in [-0.1, -0.05) is 23.4 Å². The van der Waals surface area contributed by atoms with E-state index in [1.165, 1.54) is 0 Å². The van der Waals surface area contributed by atoms with Gasteiger partial charge in [0.05, 0.1) is 18.8 Å². The summed E-state index contributed by atoms with van der Waals surface area (Å²) >= 11 is 5.67. The molecule has 0 amide bonds. The molecule has 1 aromatic heterocycles. The van der Waals surface area contributed by atoms with Crippen LogP contribution in [0.1, 0.15) is 24.6 Å². The number of aryl methyl sites for hydroxylation is 1. The summed E-state index contributed by atoms with van der Waals surface area (Å²) in [7, 11) is 0. The number of ether oxygens (including phenoxy) is 1. The molecular formula is C14H18ClN3O. The van der Waals surface area contributed by atoms with E-state index in [9.17, 15) is 0 Å². The van der Waals surface area contributed by atoms with E-state index >= 15 is 0 Å². The van der Waals surface area contributed by atoms with Crippen LogP contribution in [0, 0.1) is 0 Å². The second-order valence-electron chi connectivity index (χ2n) is 4.24. The summed E-state index contributed by atoms with van der Waals surface area (Å²) in [5.41, 5.74) is 2.09. The van der Waals surface area contributed by atoms with Crippen LogP contribution in [0.5, 0.6) is 5.75 Å². The van der Waals surface area contributed by atoms with Crippen molar-refractivity contribution in [3.8, 4) is 5.75 Å². The molecule has 4 nitrogen and oxygen atoms in total. The van der Waals surface area contributed by atoms with Gasteiger partial charge < -0.3 is 4.74 Å². The van der Waals surface area contributed by atoms with Gasteiger partial charge in [0.2, 0.25) is 0 Å². The van der Waals surface area contributed by atoms with Crippen molar-refractivity contribution in [3.05, 3.63) is 41.7 Å². The molecular weight excluding hydrogens is 262 g/mol. The molecule has 0 atom stereocenters. The summed E-state index contributed by atoms with van der Waals surface area (Å²) in [6.45, 7) is 3.32. The quantitative estimate of drug-likeness (QED) is 0.732. The maximum absolute atomic E-state index is 5.67. The van der Waals surface area contributed by atoms with E-state index in [0.717, 1.165) is 29.8 Å². The van der Waals surface area contributed by atoms with E-state index in [0.29, 0.717) is 19.0 Å². The molecule has 0 unspecified atom stereocenters. The number of aromatic nitrogens is 3. The Morgan fingerprint density at radius 3 is 2.95 bits per heavy atom. The van der Waals surface area contributed by atoms with Gasteiger partial charge in [-0.05, 0) is 25.8 Å². The normalized spacial score (nSPS) is 10.6. The second kappa shape index (κ2) is 7.14. The molecule has 0 saturated heterocycles. The van der Waals surface area contributed by atoms with Crippen molar-refractivity contribution in [2.75, 3.05) is 12.5 Å². The smallest absolute Gasteiger partial charge is 0.124 e. The molecule has 102 valence electrons. The summed E-state index contributed by atoms with van der Waals surface area (Å²) < 4.78 is 7.44. The monoisotopic (exact) mass is 279 g/mol. The van der Waals surface area contributed by atoms with Crippen molar-refractivity contribution in [3.63, 3.8) is 0 Å². The largest absolute Gasteiger partial charge is 0.494 e. The molecule has 1 aromatic carbocycles. The number of nitrogens with zero attached hydrogens (tertiary/aromatic N) is 3. The highest BCUT2D eigenvalue weighted by atomic mass is 35.5. The van der Waals surface area contributed by atoms with Gasteiger partial charge in [-0.15, -0.1) is 16.7 Å². The van der Waals surface area contributed by atoms with Crippen LogP contribution in [0.2, 0.25) is 0 Å². The van der Waals surface area contributed by atoms with Crippen LogP contribution in [-0.4, -0.2) is 27.5 Å². The minimum Gasteiger partial charge on any atom is -0.494 e. The third-order valence-electron chi connectivity index (χ3n) is 2.76. The first kappa shape index (κ1) is 13.9. The molecule has 2 aromatic rings. The van der Waals surface area contributed by atoms with Gasteiger partial charge in [0.25, 0.3) is 0 Å². The second-order valence-corrected chi connectivity index (χ2v) is 4.62. The Kier molecular flexibility index (Phi) is 5.21. The van der Waals surface area contributed by atoms with Gasteiger partial charge in [-0.2, -0.15) is 0 Å². The lowest BCUT2D eigenvalue weighted by Crippen LogP contribution is -2.03. The summed E-state index contributed by atoms with van der Waals surface area (Å²) in [4.78, 5) is 0. The van der Waals surface area contributed by atoms with Crippen LogP contribution >= 0.6 is 11.6 Å². The third-order valence-corrected chi connectivity index (χ3v) is 3.02. The van der Waals surface area contributed by atoms with Crippen LogP contribution in [0.3, 0.4) is 0 Å². The molecule has 0 saturated carbocycles. The number of alkyl halides is 1. The predicted octanol–water partition coefficient (Wildman–Crippen LogP) is 2.90. The Hall–Kier alpha value is -1.55. The minimum absolute atomic E-state index is 0.653. The van der Waals surface area contributed by atoms with Crippen LogP contribution < -0.4 is 4.74 Å². The fraction of sp³-hybridized carbons (Fsp3) is 0.429. The topological polar surface area (TPSA) is 39.9 Å². The molecule has 1 heterocycles. The highest BCUT2D eigenvalue weighted by Crippen LogP contribution is 2.18. The standard InChI is InChI=1S/C14H18ClN3O/c1-2-19-14-8-4-3-6-12(14)10-18-11-13(16-17-18)7-5-9-15/h3-4,6,8,11H,2,5,7,9-10H2,1H3. The van der Waals surface area contributed by atoms with Gasteiger partial charge in [-0.3, -0.25) is 0 Å². The van der Waals surface area contributed by atoms with E-state index in [-0.39, 0.29) is 0 Å². The van der Waals surface area contributed by atoms with Gasteiger partial charge >= 0.3 is 0 Å². The summed E-state index contributed by atoms with van der Waals surface area (Å²) in [6, 6.07) is 8.00. The van der Waals surface area contributed by atoms with E-state index in [1.807, 2.05) is 42.1 Å². The molecule has 0 aliphatic carbocycles. The van der Waals surface area contributed by atoms with Gasteiger partial charge in [0, 0.05) is 17.6 Å². The zero-order valence-corrected chi connectivity index (χ0v) is 11.8. The van der Waals surface area contributed by atoms with Gasteiger partial charge in [-0.25, -0.2) is 4.68 Å². The predicted molar refractivity (Wildman–Crippen MR) is 75.8 cm³/mol. The van der Waals surface area contributed by atoms with Gasteiger partial charge in [0.15, 0.2) is 0 Å². The SMILES string of the molecule is CCOc1ccccc1Cn1cc(CCCCl)nn1. The molecule has 0 bridgehead atoms. The van der Waals surface area contributed by atoms with Crippen molar-refractivity contribution in [2.24, 2.45) is 0 Å². The van der Waals surface area contributed by atoms with Crippen molar-refractivity contribution < 1.29 is 4.74 Å². The molecule has 0 N–H and O–H groups in total. The van der Waals surface area contributed by atoms with Gasteiger partial charge in [0.1, 0.15) is 5.75 Å². The summed E-state index contributed by atoms with van der Waals surface area (Å²) in [5.74, 6) is 1.56. The lowest BCUT2D eigenvalue weighted by atomic mass is 10.2. The van der Waals surface area contributed by atoms with Crippen molar-refractivity contribution in [1.29, 1.82) is 0 Å². The Morgan fingerprint density at radius 1 is 1.32 bits per heavy atom. The number of benzene rings is 1. The summed E-state index contributed by atoms with van der Waals surface area (Å²) in [6.07, 6.45) is 3.77. The Labute approximate surface area is 118 Å². The first-order valence-electron chi connectivity index (χ1n) is 6.49. The minimum atomic E-state index is 0.653. The highest BCUT2D eigenvalue weighted by molar-refractivity contribution is 6.17. The van der Waals surface area contributed by atoms with E-state index in [4.69, 9.17) is 16.3 Å². The number of rotatable bonds is 7. The molecule has 0 spiro atoms. The fourth-order valence-electron chi connectivity index (χ4n) is 1.88. The van der Waals surface area contributed by atoms with Crippen LogP contribution in [0.25, 0.3) is 0 Å². The molecule has 19 heavy (non-hydrogen) atoms. The number of para-hydroxylation sites is 1. The van der Waals surface area contributed by atoms with Crippen molar-refractivity contribution in [1.82, 2.24) is 15.0 Å². The molecule has 0 radical (unpaired) electrons. The lowest BCUT2D eigenvalue weighted by Gasteiger charge is -2.09. The Balaban J connectivity index is 2.06. The van der Waals surface area contributed by atoms with Crippen molar-refractivity contribution in [2.45, 2.75) is 26.3 Å². The number of hydrogen-bond donors (Lipinski definition) is 0. The Bertz CT molecular complexity index is 513. The molecule has 0 aliphatic heterocycles. The average molecular weight is 280 g/mol. The first-order chi connectivity index (χ1) is 9.33. The molecule has 0 aliphatic rings. The average Bonchev–Trinajstić information content (AvgIpc) is 2.87. The first-order valence-corrected chi connectivity index (χ1v) is 7.02. The summed E-state index contributed by atoms with van der Waals surface area (Å²) in [5, 5.41) is 8.27. The maximum atomic E-state index is 5.67. The van der Waals surface area contributed by atoms with Crippen LogP contribution in [0.4, 0.5) is 0 Å². The number of hydrogen-bond acceptors (Lipinski definition) is 3. The molecule has 0 fully saturated rings. The molecule has 5 heteroatoms. The lowest BCUT2D eigenvalue weighted by molar-refractivity contribution is 0.335. The van der Waals surface area contributed by atoms with Crippen LogP contribution in [-0.2, 0) is 13.0 Å². The third kappa shape index (κ3) is 3.96. The Morgan fingerprint density at radius 2 is 2.16 bits per heavy atom.